The Morgan fingerprint density at radius 3 is 2.05 bits per heavy atom. The predicted octanol–water partition coefficient (Wildman–Crippen LogP) is 3.88. The van der Waals surface area contributed by atoms with Gasteiger partial charge in [0.05, 0.1) is 0 Å². The first-order valence-corrected chi connectivity index (χ1v) is 6.54. The lowest BCUT2D eigenvalue weighted by atomic mass is 9.65. The van der Waals surface area contributed by atoms with E-state index in [4.69, 9.17) is 0 Å². The van der Waals surface area contributed by atoms with E-state index in [9.17, 15) is 9.59 Å². The first-order chi connectivity index (χ1) is 8.93. The maximum atomic E-state index is 12.6. The van der Waals surface area contributed by atoms with Gasteiger partial charge in [0, 0.05) is 22.5 Å². The zero-order valence-electron chi connectivity index (χ0n) is 11.4. The largest absolute Gasteiger partial charge is 0.294 e. The van der Waals surface area contributed by atoms with Crippen molar-refractivity contribution in [1.29, 1.82) is 0 Å². The standard InChI is InChI=1S/C17H16O2/c1-10-15(18)13-8-11-6-4-5-7-12(11)9-14(13)16(19)17(10,2)3/h4-10H,1-3H3. The molecule has 0 N–H and O–H groups in total. The average molecular weight is 252 g/mol. The van der Waals surface area contributed by atoms with Crippen molar-refractivity contribution >= 4 is 22.3 Å². The molecule has 3 rings (SSSR count). The van der Waals surface area contributed by atoms with Crippen molar-refractivity contribution in [2.75, 3.05) is 0 Å². The molecule has 0 heterocycles. The zero-order valence-corrected chi connectivity index (χ0v) is 11.4. The molecule has 0 aromatic heterocycles. The molecule has 0 spiro atoms. The van der Waals surface area contributed by atoms with Crippen molar-refractivity contribution in [2.24, 2.45) is 11.3 Å². The SMILES string of the molecule is CC1C(=O)c2cc3ccccc3cc2C(=O)C1(C)C. The molecule has 1 aliphatic rings. The summed E-state index contributed by atoms with van der Waals surface area (Å²) in [5.41, 5.74) is 0.536. The fraction of sp³-hybridized carbons (Fsp3) is 0.294. The Kier molecular flexibility index (Phi) is 2.40. The minimum atomic E-state index is -0.619. The number of ketones is 2. The number of rotatable bonds is 0. The van der Waals surface area contributed by atoms with Gasteiger partial charge in [-0.05, 0) is 22.9 Å². The van der Waals surface area contributed by atoms with Crippen molar-refractivity contribution in [1.82, 2.24) is 0 Å². The second kappa shape index (κ2) is 3.77. The highest BCUT2D eigenvalue weighted by molar-refractivity contribution is 6.19. The topological polar surface area (TPSA) is 34.1 Å². The maximum Gasteiger partial charge on any atom is 0.169 e. The molecule has 1 atom stereocenters. The molecule has 2 nitrogen and oxygen atoms in total. The van der Waals surface area contributed by atoms with Gasteiger partial charge in [-0.3, -0.25) is 9.59 Å². The quantitative estimate of drug-likeness (QED) is 0.713. The molecule has 2 heteroatoms. The summed E-state index contributed by atoms with van der Waals surface area (Å²) in [4.78, 5) is 25.1. The van der Waals surface area contributed by atoms with Crippen LogP contribution in [0.1, 0.15) is 41.5 Å². The van der Waals surface area contributed by atoms with Crippen molar-refractivity contribution in [3.8, 4) is 0 Å². The summed E-state index contributed by atoms with van der Waals surface area (Å²) >= 11 is 0. The van der Waals surface area contributed by atoms with E-state index in [-0.39, 0.29) is 17.5 Å². The Bertz CT molecular complexity index is 710. The lowest BCUT2D eigenvalue weighted by Crippen LogP contribution is -2.41. The third-order valence-corrected chi connectivity index (χ3v) is 4.46. The van der Waals surface area contributed by atoms with E-state index in [1.807, 2.05) is 57.2 Å². The molecule has 2 aromatic rings. The molecule has 0 saturated heterocycles. The number of carbonyl (C=O) groups is 2. The van der Waals surface area contributed by atoms with Gasteiger partial charge in [-0.15, -0.1) is 0 Å². The van der Waals surface area contributed by atoms with Crippen LogP contribution < -0.4 is 0 Å². The third kappa shape index (κ3) is 1.56. The predicted molar refractivity (Wildman–Crippen MR) is 75.6 cm³/mol. The lowest BCUT2D eigenvalue weighted by Gasteiger charge is -2.34. The monoisotopic (exact) mass is 252 g/mol. The molecule has 0 amide bonds. The Morgan fingerprint density at radius 2 is 1.47 bits per heavy atom. The summed E-state index contributed by atoms with van der Waals surface area (Å²) < 4.78 is 0. The molecule has 1 aliphatic carbocycles. The number of hydrogen-bond donors (Lipinski definition) is 0. The average Bonchev–Trinajstić information content (AvgIpc) is 2.42. The highest BCUT2D eigenvalue weighted by Crippen LogP contribution is 2.40. The molecule has 0 fully saturated rings. The number of Topliss-reactive ketones (excluding diaryl/α,β-unsaturated/α-hetero) is 2. The summed E-state index contributed by atoms with van der Waals surface area (Å²) in [6, 6.07) is 11.5. The Labute approximate surface area is 112 Å². The molecule has 2 aromatic carbocycles. The fourth-order valence-corrected chi connectivity index (χ4v) is 2.74. The van der Waals surface area contributed by atoms with E-state index in [1.165, 1.54) is 0 Å². The summed E-state index contributed by atoms with van der Waals surface area (Å²) in [5.74, 6) is -0.126. The molecule has 0 aliphatic heterocycles. The third-order valence-electron chi connectivity index (χ3n) is 4.46. The van der Waals surface area contributed by atoms with Gasteiger partial charge in [-0.2, -0.15) is 0 Å². The van der Waals surface area contributed by atoms with E-state index in [0.717, 1.165) is 10.8 Å². The van der Waals surface area contributed by atoms with Gasteiger partial charge in [0.15, 0.2) is 11.6 Å². The van der Waals surface area contributed by atoms with Crippen molar-refractivity contribution in [2.45, 2.75) is 20.8 Å². The molecule has 0 saturated carbocycles. The number of hydrogen-bond acceptors (Lipinski definition) is 2. The van der Waals surface area contributed by atoms with Crippen LogP contribution in [0.15, 0.2) is 36.4 Å². The van der Waals surface area contributed by atoms with E-state index in [0.29, 0.717) is 11.1 Å². The van der Waals surface area contributed by atoms with Crippen LogP contribution in [-0.4, -0.2) is 11.6 Å². The minimum absolute atomic E-state index is 0.0698. The van der Waals surface area contributed by atoms with Gasteiger partial charge in [-0.25, -0.2) is 0 Å². The molecule has 1 unspecified atom stereocenters. The van der Waals surface area contributed by atoms with Gasteiger partial charge in [0.1, 0.15) is 0 Å². The van der Waals surface area contributed by atoms with Gasteiger partial charge in [0.2, 0.25) is 0 Å². The Morgan fingerprint density at radius 1 is 0.947 bits per heavy atom. The van der Waals surface area contributed by atoms with Crippen molar-refractivity contribution < 1.29 is 9.59 Å². The molecule has 0 bridgehead atoms. The van der Waals surface area contributed by atoms with Crippen molar-refractivity contribution in [3.05, 3.63) is 47.5 Å². The first-order valence-electron chi connectivity index (χ1n) is 6.54. The van der Waals surface area contributed by atoms with Crippen LogP contribution in [0.25, 0.3) is 10.8 Å². The summed E-state index contributed by atoms with van der Waals surface area (Å²) in [7, 11) is 0. The summed E-state index contributed by atoms with van der Waals surface area (Å²) in [5, 5.41) is 2.02. The van der Waals surface area contributed by atoms with Crippen LogP contribution in [0.5, 0.6) is 0 Å². The van der Waals surface area contributed by atoms with Gasteiger partial charge in [-0.1, -0.05) is 45.0 Å². The molecule has 0 radical (unpaired) electrons. The fourth-order valence-electron chi connectivity index (χ4n) is 2.74. The van der Waals surface area contributed by atoms with Crippen LogP contribution in [-0.2, 0) is 0 Å². The van der Waals surface area contributed by atoms with E-state index < -0.39 is 5.41 Å². The number of carbonyl (C=O) groups excluding carboxylic acids is 2. The second-order valence-electron chi connectivity index (χ2n) is 5.88. The van der Waals surface area contributed by atoms with Crippen LogP contribution in [0, 0.1) is 11.3 Å². The van der Waals surface area contributed by atoms with E-state index in [1.54, 1.807) is 0 Å². The Hall–Kier alpha value is -1.96. The van der Waals surface area contributed by atoms with Gasteiger partial charge >= 0.3 is 0 Å². The highest BCUT2D eigenvalue weighted by atomic mass is 16.1. The minimum Gasteiger partial charge on any atom is -0.294 e. The highest BCUT2D eigenvalue weighted by Gasteiger charge is 2.44. The zero-order chi connectivity index (χ0) is 13.8. The molecular formula is C17H16O2. The lowest BCUT2D eigenvalue weighted by molar-refractivity contribution is 0.0634. The number of benzene rings is 2. The van der Waals surface area contributed by atoms with Crippen LogP contribution in [0.4, 0.5) is 0 Å². The molecular weight excluding hydrogens is 236 g/mol. The van der Waals surface area contributed by atoms with Gasteiger partial charge in [0.25, 0.3) is 0 Å². The van der Waals surface area contributed by atoms with Gasteiger partial charge < -0.3 is 0 Å². The maximum absolute atomic E-state index is 12.6. The summed E-state index contributed by atoms with van der Waals surface area (Å²) in [6.07, 6.45) is 0. The first kappa shape index (κ1) is 12.1. The Balaban J connectivity index is 2.35. The van der Waals surface area contributed by atoms with E-state index >= 15 is 0 Å². The normalized spacial score (nSPS) is 21.5. The second-order valence-corrected chi connectivity index (χ2v) is 5.88. The molecule has 96 valence electrons. The van der Waals surface area contributed by atoms with E-state index in [2.05, 4.69) is 0 Å². The number of fused-ring (bicyclic) bond motifs is 2. The summed E-state index contributed by atoms with van der Waals surface area (Å²) in [6.45, 7) is 5.56. The van der Waals surface area contributed by atoms with Crippen LogP contribution in [0.3, 0.4) is 0 Å². The smallest absolute Gasteiger partial charge is 0.169 e. The van der Waals surface area contributed by atoms with Crippen LogP contribution in [0.2, 0.25) is 0 Å². The molecule has 19 heavy (non-hydrogen) atoms. The van der Waals surface area contributed by atoms with Crippen LogP contribution >= 0.6 is 0 Å². The van der Waals surface area contributed by atoms with Crippen molar-refractivity contribution in [3.63, 3.8) is 0 Å².